The van der Waals surface area contributed by atoms with E-state index in [4.69, 9.17) is 20.8 Å². The minimum absolute atomic E-state index is 0.00275. The lowest BCUT2D eigenvalue weighted by atomic mass is 10.1. The molecule has 0 aliphatic carbocycles. The van der Waals surface area contributed by atoms with Crippen LogP contribution in [0.15, 0.2) is 98.1 Å². The number of aliphatic hydroxyl groups excluding tert-OH is 1. The number of sulfonamides is 1. The predicted molar refractivity (Wildman–Crippen MR) is 140 cm³/mol. The number of nitrogens with zero attached hydrogens (tertiary/aromatic N) is 2. The second kappa shape index (κ2) is 11.2. The second-order valence-electron chi connectivity index (χ2n) is 8.19. The number of hydrogen-bond donors (Lipinski definition) is 1. The molecule has 1 aliphatic heterocycles. The van der Waals surface area contributed by atoms with Crippen molar-refractivity contribution in [3.05, 3.63) is 106 Å². The number of aliphatic imine (C=N–C) groups is 1. The van der Waals surface area contributed by atoms with Crippen molar-refractivity contribution < 1.29 is 27.5 Å². The molecule has 2 heterocycles. The zero-order valence-electron chi connectivity index (χ0n) is 20.2. The summed E-state index contributed by atoms with van der Waals surface area (Å²) in [7, 11) is -3.89. The molecule has 0 amide bonds. The number of rotatable bonds is 9. The third kappa shape index (κ3) is 6.02. The summed E-state index contributed by atoms with van der Waals surface area (Å²) in [5.41, 5.74) is 1.29. The molecule has 0 saturated heterocycles. The van der Waals surface area contributed by atoms with Gasteiger partial charge in [0.2, 0.25) is 10.0 Å². The van der Waals surface area contributed by atoms with Gasteiger partial charge in [-0.25, -0.2) is 18.2 Å². The Kier molecular flexibility index (Phi) is 7.97. The number of halogens is 1. The molecule has 4 rings (SSSR count). The number of hydrogen-bond acceptors (Lipinski definition) is 7. The summed E-state index contributed by atoms with van der Waals surface area (Å²) in [4.78, 5) is 16.5. The maximum absolute atomic E-state index is 13.5. The smallest absolute Gasteiger partial charge is 0.343 e. The molecule has 1 aromatic heterocycles. The molecule has 37 heavy (non-hydrogen) atoms. The van der Waals surface area contributed by atoms with E-state index in [1.54, 1.807) is 26.0 Å². The molecule has 192 valence electrons. The Hall–Kier alpha value is -3.66. The molecule has 0 radical (unpaired) electrons. The van der Waals surface area contributed by atoms with Gasteiger partial charge in [-0.05, 0) is 55.8 Å². The number of carbonyl (C=O) groups is 1. The predicted octanol–water partition coefficient (Wildman–Crippen LogP) is 5.51. The molecule has 0 unspecified atom stereocenters. The van der Waals surface area contributed by atoms with Crippen LogP contribution in [0.3, 0.4) is 0 Å². The van der Waals surface area contributed by atoms with Gasteiger partial charge in [-0.15, -0.1) is 0 Å². The summed E-state index contributed by atoms with van der Waals surface area (Å²) in [5, 5.41) is 10.9. The first-order valence-electron chi connectivity index (χ1n) is 11.5. The molecule has 0 atom stereocenters. The Morgan fingerprint density at radius 2 is 1.78 bits per heavy atom. The highest BCUT2D eigenvalue weighted by atomic mass is 35.5. The fourth-order valence-corrected chi connectivity index (χ4v) is 5.29. The van der Waals surface area contributed by atoms with Crippen LogP contribution < -0.4 is 0 Å². The molecule has 2 aromatic carbocycles. The third-order valence-corrected chi connectivity index (χ3v) is 7.61. The van der Waals surface area contributed by atoms with Crippen molar-refractivity contribution in [2.45, 2.75) is 31.8 Å². The highest BCUT2D eigenvalue weighted by Gasteiger charge is 2.29. The molecule has 0 saturated carbocycles. The number of carbonyl (C=O) groups excluding carboxylic acids is 1. The SMILES string of the molecule is CCOC(=O)C1=C(O)/C(=C\c2ccc(CN(Cc3ccccc3)S(=O)(=O)c3ccc(Cl)cc3)o2)N=C1C. The van der Waals surface area contributed by atoms with Crippen molar-refractivity contribution in [1.29, 1.82) is 0 Å². The van der Waals surface area contributed by atoms with Gasteiger partial charge in [0.1, 0.15) is 22.8 Å². The Balaban J connectivity index is 1.62. The summed E-state index contributed by atoms with van der Waals surface area (Å²) in [6.07, 6.45) is 1.48. The molecular formula is C27H25ClN2O6S. The largest absolute Gasteiger partial charge is 0.505 e. The molecule has 1 aliphatic rings. The first-order valence-corrected chi connectivity index (χ1v) is 13.3. The molecular weight excluding hydrogens is 516 g/mol. The Labute approximate surface area is 220 Å². The van der Waals surface area contributed by atoms with Gasteiger partial charge in [-0.3, -0.25) is 0 Å². The number of aliphatic hydroxyl groups is 1. The molecule has 0 bridgehead atoms. The van der Waals surface area contributed by atoms with Gasteiger partial charge < -0.3 is 14.3 Å². The van der Waals surface area contributed by atoms with E-state index in [0.717, 1.165) is 5.56 Å². The summed E-state index contributed by atoms with van der Waals surface area (Å²) in [5.74, 6) is -0.242. The van der Waals surface area contributed by atoms with Crippen molar-refractivity contribution in [3.63, 3.8) is 0 Å². The Morgan fingerprint density at radius 1 is 1.08 bits per heavy atom. The van der Waals surface area contributed by atoms with Crippen LogP contribution in [0.5, 0.6) is 0 Å². The summed E-state index contributed by atoms with van der Waals surface area (Å²) in [6, 6.07) is 18.5. The van der Waals surface area contributed by atoms with E-state index in [9.17, 15) is 18.3 Å². The fourth-order valence-electron chi connectivity index (χ4n) is 3.77. The zero-order valence-corrected chi connectivity index (χ0v) is 21.8. The van der Waals surface area contributed by atoms with E-state index in [1.165, 1.54) is 34.6 Å². The van der Waals surface area contributed by atoms with Crippen molar-refractivity contribution in [3.8, 4) is 0 Å². The lowest BCUT2D eigenvalue weighted by Gasteiger charge is -2.21. The van der Waals surface area contributed by atoms with Crippen molar-refractivity contribution in [2.75, 3.05) is 6.61 Å². The van der Waals surface area contributed by atoms with Crippen LogP contribution in [0.2, 0.25) is 5.02 Å². The lowest BCUT2D eigenvalue weighted by Crippen LogP contribution is -2.30. The van der Waals surface area contributed by atoms with Gasteiger partial charge in [-0.2, -0.15) is 4.31 Å². The van der Waals surface area contributed by atoms with Crippen molar-refractivity contribution >= 4 is 39.4 Å². The van der Waals surface area contributed by atoms with Crippen LogP contribution in [0.1, 0.15) is 30.9 Å². The van der Waals surface area contributed by atoms with E-state index in [2.05, 4.69) is 4.99 Å². The second-order valence-corrected chi connectivity index (χ2v) is 10.6. The van der Waals surface area contributed by atoms with E-state index in [-0.39, 0.29) is 41.6 Å². The van der Waals surface area contributed by atoms with E-state index in [1.807, 2.05) is 30.3 Å². The van der Waals surface area contributed by atoms with Crippen molar-refractivity contribution in [1.82, 2.24) is 4.31 Å². The van der Waals surface area contributed by atoms with Crippen LogP contribution in [0, 0.1) is 0 Å². The maximum atomic E-state index is 13.5. The first-order chi connectivity index (χ1) is 17.7. The van der Waals surface area contributed by atoms with Crippen LogP contribution in [0.4, 0.5) is 0 Å². The summed E-state index contributed by atoms with van der Waals surface area (Å²) < 4.78 is 39.2. The highest BCUT2D eigenvalue weighted by Crippen LogP contribution is 2.28. The van der Waals surface area contributed by atoms with Crippen LogP contribution in [0.25, 0.3) is 6.08 Å². The average Bonchev–Trinajstić information content (AvgIpc) is 3.42. The molecule has 0 spiro atoms. The van der Waals surface area contributed by atoms with Gasteiger partial charge in [0.15, 0.2) is 5.76 Å². The Bertz CT molecular complexity index is 1490. The number of esters is 1. The minimum atomic E-state index is -3.89. The Morgan fingerprint density at radius 3 is 2.46 bits per heavy atom. The quantitative estimate of drug-likeness (QED) is 0.358. The standard InChI is InChI=1S/C27H25ClN2O6S/c1-3-35-27(32)25-18(2)29-24(26(25)31)15-21-11-12-22(36-21)17-30(16-19-7-5-4-6-8-19)37(33,34)23-13-9-20(28)10-14-23/h4-15,31H,3,16-17H2,1-2H3/b24-15+. The van der Waals surface area contributed by atoms with E-state index >= 15 is 0 Å². The zero-order chi connectivity index (χ0) is 26.6. The van der Waals surface area contributed by atoms with Gasteiger partial charge in [0.25, 0.3) is 0 Å². The van der Waals surface area contributed by atoms with Crippen molar-refractivity contribution in [2.24, 2.45) is 4.99 Å². The van der Waals surface area contributed by atoms with Gasteiger partial charge in [0.05, 0.1) is 23.8 Å². The van der Waals surface area contributed by atoms with E-state index in [0.29, 0.717) is 22.3 Å². The van der Waals surface area contributed by atoms with Gasteiger partial charge >= 0.3 is 5.97 Å². The van der Waals surface area contributed by atoms with Gasteiger partial charge in [0, 0.05) is 17.6 Å². The molecule has 10 heteroatoms. The van der Waals surface area contributed by atoms with Crippen LogP contribution in [-0.4, -0.2) is 36.1 Å². The topological polar surface area (TPSA) is 109 Å². The number of benzene rings is 2. The molecule has 3 aromatic rings. The first kappa shape index (κ1) is 26.4. The van der Waals surface area contributed by atoms with Gasteiger partial charge in [-0.1, -0.05) is 41.9 Å². The number of ether oxygens (including phenoxy) is 1. The van der Waals surface area contributed by atoms with Crippen LogP contribution in [-0.2, 0) is 32.6 Å². The lowest BCUT2D eigenvalue weighted by molar-refractivity contribution is -0.138. The monoisotopic (exact) mass is 540 g/mol. The summed E-state index contributed by atoms with van der Waals surface area (Å²) in [6.45, 7) is 3.52. The average molecular weight is 541 g/mol. The summed E-state index contributed by atoms with van der Waals surface area (Å²) >= 11 is 5.95. The minimum Gasteiger partial charge on any atom is -0.505 e. The van der Waals surface area contributed by atoms with E-state index < -0.39 is 16.0 Å². The fraction of sp³-hybridized carbons (Fsp3) is 0.185. The number of furan rings is 1. The highest BCUT2D eigenvalue weighted by molar-refractivity contribution is 7.89. The molecule has 0 fully saturated rings. The normalized spacial score (nSPS) is 14.9. The van der Waals surface area contributed by atoms with Crippen LogP contribution >= 0.6 is 11.6 Å². The molecule has 8 nitrogen and oxygen atoms in total. The third-order valence-electron chi connectivity index (χ3n) is 5.56. The molecule has 1 N–H and O–H groups in total. The maximum Gasteiger partial charge on any atom is 0.343 e.